The summed E-state index contributed by atoms with van der Waals surface area (Å²) < 4.78 is 1.88. The van der Waals surface area contributed by atoms with Crippen LogP contribution in [0.2, 0.25) is 0 Å². The number of hydrogen-bond acceptors (Lipinski definition) is 5. The lowest BCUT2D eigenvalue weighted by molar-refractivity contribution is -0.115. The molecule has 0 unspecified atom stereocenters. The fourth-order valence-corrected chi connectivity index (χ4v) is 4.06. The predicted molar refractivity (Wildman–Crippen MR) is 116 cm³/mol. The van der Waals surface area contributed by atoms with E-state index >= 15 is 0 Å². The smallest absolute Gasteiger partial charge is 0.230 e. The van der Waals surface area contributed by atoms with Crippen LogP contribution in [0.1, 0.15) is 59.7 Å². The van der Waals surface area contributed by atoms with E-state index in [4.69, 9.17) is 0 Å². The Morgan fingerprint density at radius 3 is 2.76 bits per heavy atom. The van der Waals surface area contributed by atoms with Crippen molar-refractivity contribution in [2.45, 2.75) is 53.4 Å². The number of unbranched alkanes of at least 4 members (excludes halogenated alkanes) is 1. The van der Waals surface area contributed by atoms with Crippen molar-refractivity contribution < 1.29 is 9.59 Å². The van der Waals surface area contributed by atoms with Gasteiger partial charge in [0, 0.05) is 22.3 Å². The first-order chi connectivity index (χ1) is 13.9. The van der Waals surface area contributed by atoms with E-state index in [-0.39, 0.29) is 18.1 Å². The number of carbonyl (C=O) groups excluding carboxylic acids is 2. The number of carbonyl (C=O) groups is 2. The summed E-state index contributed by atoms with van der Waals surface area (Å²) in [4.78, 5) is 28.5. The zero-order valence-corrected chi connectivity index (χ0v) is 18.1. The summed E-state index contributed by atoms with van der Waals surface area (Å²) in [7, 11) is 0. The molecule has 0 bridgehead atoms. The lowest BCUT2D eigenvalue weighted by Gasteiger charge is -2.05. The quantitative estimate of drug-likeness (QED) is 0.547. The number of nitrogens with one attached hydrogen (secondary N) is 1. The molecular weight excluding hydrogens is 384 g/mol. The van der Waals surface area contributed by atoms with Crippen LogP contribution in [-0.4, -0.2) is 26.5 Å². The Hall–Kier alpha value is -2.80. The lowest BCUT2D eigenvalue weighted by Crippen LogP contribution is -2.15. The minimum Gasteiger partial charge on any atom is -0.326 e. The molecule has 0 aliphatic rings. The van der Waals surface area contributed by atoms with Crippen LogP contribution in [0.25, 0.3) is 5.13 Å². The molecule has 2 aromatic heterocycles. The van der Waals surface area contributed by atoms with E-state index < -0.39 is 0 Å². The Bertz CT molecular complexity index is 1040. The largest absolute Gasteiger partial charge is 0.326 e. The van der Waals surface area contributed by atoms with Crippen LogP contribution in [0.4, 0.5) is 5.69 Å². The van der Waals surface area contributed by atoms with Crippen LogP contribution in [0.5, 0.6) is 0 Å². The number of ketones is 1. The van der Waals surface area contributed by atoms with Crippen molar-refractivity contribution in [3.05, 3.63) is 57.9 Å². The molecule has 0 saturated carbocycles. The van der Waals surface area contributed by atoms with Crippen LogP contribution in [0.3, 0.4) is 0 Å². The van der Waals surface area contributed by atoms with Gasteiger partial charge in [-0.15, -0.1) is 11.3 Å². The summed E-state index contributed by atoms with van der Waals surface area (Å²) in [6.07, 6.45) is 3.48. The SMILES string of the molecule is CCCCc1c(C)nn(-c2nc(CC(=O)Nc3cccc(C(C)=O)c3)cs2)c1C. The highest BCUT2D eigenvalue weighted by Crippen LogP contribution is 2.22. The van der Waals surface area contributed by atoms with Gasteiger partial charge in [-0.05, 0) is 51.3 Å². The van der Waals surface area contributed by atoms with E-state index in [2.05, 4.69) is 29.2 Å². The zero-order chi connectivity index (χ0) is 21.0. The molecule has 2 heterocycles. The van der Waals surface area contributed by atoms with E-state index in [0.29, 0.717) is 16.9 Å². The predicted octanol–water partition coefficient (Wildman–Crippen LogP) is 4.67. The van der Waals surface area contributed by atoms with Gasteiger partial charge < -0.3 is 5.32 Å². The Morgan fingerprint density at radius 2 is 2.03 bits per heavy atom. The second-order valence-corrected chi connectivity index (χ2v) is 7.98. The summed E-state index contributed by atoms with van der Waals surface area (Å²) >= 11 is 1.48. The average molecular weight is 411 g/mol. The Balaban J connectivity index is 1.70. The van der Waals surface area contributed by atoms with Crippen molar-refractivity contribution >= 4 is 28.7 Å². The van der Waals surface area contributed by atoms with Gasteiger partial charge in [0.1, 0.15) is 0 Å². The number of hydrogen-bond donors (Lipinski definition) is 1. The molecule has 0 fully saturated rings. The summed E-state index contributed by atoms with van der Waals surface area (Å²) in [5, 5.41) is 10.2. The first-order valence-electron chi connectivity index (χ1n) is 9.79. The molecule has 0 atom stereocenters. The average Bonchev–Trinajstić information content (AvgIpc) is 3.24. The number of Topliss-reactive ketones (excluding diaryl/α,β-unsaturated/α-hetero) is 1. The number of thiazole rings is 1. The summed E-state index contributed by atoms with van der Waals surface area (Å²) in [6.45, 7) is 7.79. The number of benzene rings is 1. The topological polar surface area (TPSA) is 76.9 Å². The molecule has 1 amide bonds. The Morgan fingerprint density at radius 1 is 1.24 bits per heavy atom. The first kappa shape index (κ1) is 20.9. The van der Waals surface area contributed by atoms with Crippen LogP contribution in [0.15, 0.2) is 29.6 Å². The summed E-state index contributed by atoms with van der Waals surface area (Å²) in [5.74, 6) is -0.201. The molecule has 0 radical (unpaired) electrons. The van der Waals surface area contributed by atoms with Crippen LogP contribution >= 0.6 is 11.3 Å². The number of aromatic nitrogens is 3. The molecule has 0 spiro atoms. The van der Waals surface area contributed by atoms with Crippen molar-refractivity contribution in [1.82, 2.24) is 14.8 Å². The molecule has 0 saturated heterocycles. The molecule has 152 valence electrons. The van der Waals surface area contributed by atoms with Gasteiger partial charge >= 0.3 is 0 Å². The van der Waals surface area contributed by atoms with Gasteiger partial charge in [0.15, 0.2) is 5.78 Å². The normalized spacial score (nSPS) is 10.9. The molecule has 1 N–H and O–H groups in total. The molecule has 3 aromatic rings. The van der Waals surface area contributed by atoms with Gasteiger partial charge in [0.05, 0.1) is 17.8 Å². The minimum absolute atomic E-state index is 0.0339. The first-order valence-corrected chi connectivity index (χ1v) is 10.7. The van der Waals surface area contributed by atoms with E-state index in [9.17, 15) is 9.59 Å². The zero-order valence-electron chi connectivity index (χ0n) is 17.3. The molecular formula is C22H26N4O2S. The number of rotatable bonds is 8. The monoisotopic (exact) mass is 410 g/mol. The van der Waals surface area contributed by atoms with E-state index in [1.54, 1.807) is 24.3 Å². The van der Waals surface area contributed by atoms with Gasteiger partial charge in [-0.2, -0.15) is 5.10 Å². The number of aryl methyl sites for hydroxylation is 1. The van der Waals surface area contributed by atoms with E-state index in [1.165, 1.54) is 23.8 Å². The molecule has 1 aromatic carbocycles. The second kappa shape index (κ2) is 9.13. The Kier molecular flexibility index (Phi) is 6.59. The maximum absolute atomic E-state index is 12.4. The van der Waals surface area contributed by atoms with E-state index in [1.807, 2.05) is 17.0 Å². The van der Waals surface area contributed by atoms with Crippen molar-refractivity contribution in [3.8, 4) is 5.13 Å². The molecule has 29 heavy (non-hydrogen) atoms. The molecule has 0 aliphatic heterocycles. The van der Waals surface area contributed by atoms with Crippen molar-refractivity contribution in [3.63, 3.8) is 0 Å². The Labute approximate surface area is 175 Å². The maximum atomic E-state index is 12.4. The van der Waals surface area contributed by atoms with Crippen molar-refractivity contribution in [1.29, 1.82) is 0 Å². The highest BCUT2D eigenvalue weighted by Gasteiger charge is 2.16. The second-order valence-electron chi connectivity index (χ2n) is 7.15. The van der Waals surface area contributed by atoms with E-state index in [0.717, 1.165) is 35.8 Å². The third-order valence-corrected chi connectivity index (χ3v) is 5.70. The molecule has 0 aliphatic carbocycles. The highest BCUT2D eigenvalue weighted by atomic mass is 32.1. The summed E-state index contributed by atoms with van der Waals surface area (Å²) in [6, 6.07) is 6.94. The highest BCUT2D eigenvalue weighted by molar-refractivity contribution is 7.12. The van der Waals surface area contributed by atoms with Gasteiger partial charge in [-0.25, -0.2) is 9.67 Å². The van der Waals surface area contributed by atoms with Gasteiger partial charge in [0.2, 0.25) is 11.0 Å². The fraction of sp³-hybridized carbons (Fsp3) is 0.364. The van der Waals surface area contributed by atoms with Gasteiger partial charge in [-0.3, -0.25) is 9.59 Å². The number of nitrogens with zero attached hydrogens (tertiary/aromatic N) is 3. The third kappa shape index (κ3) is 4.98. The molecule has 6 nitrogen and oxygen atoms in total. The number of anilines is 1. The minimum atomic E-state index is -0.167. The van der Waals surface area contributed by atoms with Crippen LogP contribution < -0.4 is 5.32 Å². The van der Waals surface area contributed by atoms with Crippen molar-refractivity contribution in [2.75, 3.05) is 5.32 Å². The van der Waals surface area contributed by atoms with Gasteiger partial charge in [0.25, 0.3) is 0 Å². The van der Waals surface area contributed by atoms with Crippen LogP contribution in [0, 0.1) is 13.8 Å². The van der Waals surface area contributed by atoms with Crippen molar-refractivity contribution in [2.24, 2.45) is 0 Å². The molecule has 3 rings (SSSR count). The van der Waals surface area contributed by atoms with Crippen LogP contribution in [-0.2, 0) is 17.6 Å². The standard InChI is InChI=1S/C22H26N4O2S/c1-5-6-10-20-14(2)25-26(15(20)3)22-24-19(13-29-22)12-21(28)23-18-9-7-8-17(11-18)16(4)27/h7-9,11,13H,5-6,10,12H2,1-4H3,(H,23,28). The number of amides is 1. The molecule has 7 heteroatoms. The maximum Gasteiger partial charge on any atom is 0.230 e. The summed E-state index contributed by atoms with van der Waals surface area (Å²) in [5.41, 5.74) is 5.32. The third-order valence-electron chi connectivity index (χ3n) is 4.84. The van der Waals surface area contributed by atoms with Gasteiger partial charge in [-0.1, -0.05) is 25.5 Å². The fourth-order valence-electron chi connectivity index (χ4n) is 3.24. The lowest BCUT2D eigenvalue weighted by atomic mass is 10.1.